The average molecular weight is 332 g/mol. The monoisotopic (exact) mass is 332 g/mol. The van der Waals surface area contributed by atoms with Crippen LogP contribution in [-0.2, 0) is 9.59 Å². The number of hydrogen-bond acceptors (Lipinski definition) is 4. The van der Waals surface area contributed by atoms with Gasteiger partial charge in [-0.2, -0.15) is 0 Å². The fourth-order valence-electron chi connectivity index (χ4n) is 3.78. The molecule has 124 valence electrons. The maximum atomic E-state index is 11.9. The highest BCUT2D eigenvalue weighted by atomic mass is 16.5. The molecule has 4 rings (SSSR count). The van der Waals surface area contributed by atoms with Crippen LogP contribution in [0.3, 0.4) is 0 Å². The molecular formula is C21H16O4. The molecule has 0 saturated carbocycles. The fourth-order valence-corrected chi connectivity index (χ4v) is 3.78. The Labute approximate surface area is 145 Å². The van der Waals surface area contributed by atoms with Crippen molar-refractivity contribution in [1.82, 2.24) is 0 Å². The lowest BCUT2D eigenvalue weighted by molar-refractivity contribution is -0.130. The first-order chi connectivity index (χ1) is 12.1. The first-order valence-corrected chi connectivity index (χ1v) is 8.09. The molecule has 4 heteroatoms. The van der Waals surface area contributed by atoms with Crippen LogP contribution in [0.5, 0.6) is 11.5 Å². The van der Waals surface area contributed by atoms with E-state index in [1.807, 2.05) is 24.3 Å². The van der Waals surface area contributed by atoms with E-state index >= 15 is 0 Å². The number of carbonyl (C=O) groups is 2. The molecule has 2 aromatic rings. The zero-order valence-corrected chi connectivity index (χ0v) is 13.5. The average Bonchev–Trinajstić information content (AvgIpc) is 3.25. The molecule has 0 radical (unpaired) electrons. The van der Waals surface area contributed by atoms with Crippen LogP contribution >= 0.6 is 0 Å². The van der Waals surface area contributed by atoms with Crippen molar-refractivity contribution in [3.63, 3.8) is 0 Å². The van der Waals surface area contributed by atoms with Gasteiger partial charge < -0.3 is 9.47 Å². The Morgan fingerprint density at radius 3 is 1.72 bits per heavy atom. The Bertz CT molecular complexity index is 891. The van der Waals surface area contributed by atoms with E-state index < -0.39 is 11.9 Å². The molecule has 2 bridgehead atoms. The lowest BCUT2D eigenvalue weighted by Crippen LogP contribution is -2.11. The maximum absolute atomic E-state index is 11.9. The number of allylic oxidation sites excluding steroid dienone is 2. The Morgan fingerprint density at radius 2 is 1.32 bits per heavy atom. The van der Waals surface area contributed by atoms with E-state index in [-0.39, 0.29) is 11.8 Å². The van der Waals surface area contributed by atoms with E-state index in [4.69, 9.17) is 9.47 Å². The maximum Gasteiger partial charge on any atom is 0.335 e. The molecule has 2 aliphatic carbocycles. The molecule has 0 amide bonds. The summed E-state index contributed by atoms with van der Waals surface area (Å²) in [6.07, 6.45) is 7.42. The highest BCUT2D eigenvalue weighted by molar-refractivity contribution is 6.01. The van der Waals surface area contributed by atoms with Crippen molar-refractivity contribution < 1.29 is 19.1 Å². The van der Waals surface area contributed by atoms with Crippen LogP contribution in [0, 0.1) is 0 Å². The van der Waals surface area contributed by atoms with Gasteiger partial charge in [0.05, 0.1) is 0 Å². The van der Waals surface area contributed by atoms with Gasteiger partial charge in [0.2, 0.25) is 0 Å². The van der Waals surface area contributed by atoms with Crippen LogP contribution in [0.15, 0.2) is 61.7 Å². The van der Waals surface area contributed by atoms with Crippen LogP contribution < -0.4 is 9.47 Å². The van der Waals surface area contributed by atoms with Crippen LogP contribution in [0.2, 0.25) is 0 Å². The van der Waals surface area contributed by atoms with Crippen molar-refractivity contribution in [2.24, 2.45) is 0 Å². The summed E-state index contributed by atoms with van der Waals surface area (Å²) in [6.45, 7) is 6.95. The fraction of sp³-hybridized carbons (Fsp3) is 0.143. The number of hydrogen-bond donors (Lipinski definition) is 0. The minimum atomic E-state index is -0.505. The Balaban J connectivity index is 2.04. The molecule has 4 nitrogen and oxygen atoms in total. The van der Waals surface area contributed by atoms with Crippen LogP contribution in [0.25, 0.3) is 10.8 Å². The number of benzene rings is 2. The Kier molecular flexibility index (Phi) is 3.53. The zero-order valence-electron chi connectivity index (χ0n) is 13.5. The van der Waals surface area contributed by atoms with E-state index in [1.165, 1.54) is 0 Å². The van der Waals surface area contributed by atoms with Crippen molar-refractivity contribution in [2.75, 3.05) is 0 Å². The molecule has 0 heterocycles. The first-order valence-electron chi connectivity index (χ1n) is 8.09. The van der Waals surface area contributed by atoms with Crippen LogP contribution in [0.1, 0.15) is 29.4 Å². The minimum absolute atomic E-state index is 0.151. The number of ether oxygens (including phenoxy) is 2. The summed E-state index contributed by atoms with van der Waals surface area (Å²) in [7, 11) is 0. The Morgan fingerprint density at radius 1 is 0.880 bits per heavy atom. The number of fused-ring (bicyclic) bond motifs is 6. The predicted molar refractivity (Wildman–Crippen MR) is 94.9 cm³/mol. The molecule has 2 atom stereocenters. The molecule has 0 N–H and O–H groups in total. The second kappa shape index (κ2) is 5.74. The third-order valence-electron chi connectivity index (χ3n) is 4.76. The van der Waals surface area contributed by atoms with Crippen molar-refractivity contribution in [1.29, 1.82) is 0 Å². The van der Waals surface area contributed by atoms with Gasteiger partial charge in [0, 0.05) is 45.9 Å². The molecule has 0 fully saturated rings. The zero-order chi connectivity index (χ0) is 17.6. The summed E-state index contributed by atoms with van der Waals surface area (Å²) < 4.78 is 11.2. The van der Waals surface area contributed by atoms with E-state index in [9.17, 15) is 9.59 Å². The van der Waals surface area contributed by atoms with E-state index in [2.05, 4.69) is 25.3 Å². The third-order valence-corrected chi connectivity index (χ3v) is 4.76. The van der Waals surface area contributed by atoms with E-state index in [0.717, 1.165) is 40.5 Å². The quantitative estimate of drug-likeness (QED) is 0.365. The highest BCUT2D eigenvalue weighted by Gasteiger charge is 2.40. The standard InChI is InChI=1S/C21H16O4/c1-3-16(22)24-20-14-7-5-6-8-15(14)21(25-17(23)4-2)19-13-10-9-12(11-13)18(19)20/h3-10,12-13H,1-2,11H2. The van der Waals surface area contributed by atoms with Crippen molar-refractivity contribution >= 4 is 22.7 Å². The highest BCUT2D eigenvalue weighted by Crippen LogP contribution is 2.58. The van der Waals surface area contributed by atoms with E-state index in [1.54, 1.807) is 0 Å². The molecule has 2 unspecified atom stereocenters. The number of carbonyl (C=O) groups excluding carboxylic acids is 2. The number of rotatable bonds is 4. The van der Waals surface area contributed by atoms with Gasteiger partial charge >= 0.3 is 11.9 Å². The van der Waals surface area contributed by atoms with Crippen LogP contribution in [-0.4, -0.2) is 11.9 Å². The minimum Gasteiger partial charge on any atom is -0.422 e. The normalized spacial score (nSPS) is 19.5. The van der Waals surface area contributed by atoms with Crippen molar-refractivity contribution in [2.45, 2.75) is 18.3 Å². The van der Waals surface area contributed by atoms with Gasteiger partial charge in [0.15, 0.2) is 0 Å². The molecule has 0 spiro atoms. The van der Waals surface area contributed by atoms with E-state index in [0.29, 0.717) is 11.5 Å². The van der Waals surface area contributed by atoms with Gasteiger partial charge in [0.25, 0.3) is 0 Å². The molecular weight excluding hydrogens is 316 g/mol. The second-order valence-corrected chi connectivity index (χ2v) is 6.12. The van der Waals surface area contributed by atoms with Crippen LogP contribution in [0.4, 0.5) is 0 Å². The molecule has 25 heavy (non-hydrogen) atoms. The molecule has 0 aromatic heterocycles. The van der Waals surface area contributed by atoms with Crippen molar-refractivity contribution in [3.8, 4) is 11.5 Å². The second-order valence-electron chi connectivity index (χ2n) is 6.12. The SMILES string of the molecule is C=CC(=O)Oc1c2c(c(OC(=O)C=C)c3ccccc13)C1C=CC2C1. The summed E-state index contributed by atoms with van der Waals surface area (Å²) in [5.41, 5.74) is 1.85. The molecule has 0 aliphatic heterocycles. The van der Waals surface area contributed by atoms with Gasteiger partial charge in [-0.05, 0) is 6.42 Å². The summed E-state index contributed by atoms with van der Waals surface area (Å²) in [6, 6.07) is 7.45. The topological polar surface area (TPSA) is 52.6 Å². The molecule has 0 saturated heterocycles. The van der Waals surface area contributed by atoms with Gasteiger partial charge in [-0.1, -0.05) is 49.6 Å². The molecule has 2 aliphatic rings. The molecule has 2 aromatic carbocycles. The van der Waals surface area contributed by atoms with Gasteiger partial charge in [-0.3, -0.25) is 0 Å². The number of esters is 2. The summed E-state index contributed by atoms with van der Waals surface area (Å²) in [4.78, 5) is 23.8. The lowest BCUT2D eigenvalue weighted by atomic mass is 9.90. The van der Waals surface area contributed by atoms with Gasteiger partial charge in [-0.25, -0.2) is 9.59 Å². The third kappa shape index (κ3) is 2.30. The summed E-state index contributed by atoms with van der Waals surface area (Å²) >= 11 is 0. The predicted octanol–water partition coefficient (Wildman–Crippen LogP) is 4.16. The largest absolute Gasteiger partial charge is 0.422 e. The Hall–Kier alpha value is -3.14. The van der Waals surface area contributed by atoms with Gasteiger partial charge in [0.1, 0.15) is 11.5 Å². The smallest absolute Gasteiger partial charge is 0.335 e. The summed E-state index contributed by atoms with van der Waals surface area (Å²) in [5.74, 6) is 0.359. The summed E-state index contributed by atoms with van der Waals surface area (Å²) in [5, 5.41) is 1.48. The first kappa shape index (κ1) is 15.4. The van der Waals surface area contributed by atoms with Crippen molar-refractivity contribution in [3.05, 3.63) is 72.9 Å². The van der Waals surface area contributed by atoms with Gasteiger partial charge in [-0.15, -0.1) is 0 Å². The lowest BCUT2D eigenvalue weighted by Gasteiger charge is -2.21.